The molecule has 7 heterocycles. The van der Waals surface area contributed by atoms with Crippen LogP contribution in [0, 0.1) is 5.92 Å². The Hall–Kier alpha value is -4.41. The number of nitrogens with one attached hydrogen (secondary N) is 4. The molecule has 7 rings (SSSR count). The lowest BCUT2D eigenvalue weighted by atomic mass is 9.94. The van der Waals surface area contributed by atoms with Crippen molar-refractivity contribution >= 4 is 44.9 Å². The van der Waals surface area contributed by atoms with Gasteiger partial charge in [-0.15, -0.1) is 0 Å². The molecule has 1 fully saturated rings. The van der Waals surface area contributed by atoms with Crippen LogP contribution in [0.25, 0.3) is 55.6 Å². The first-order valence-corrected chi connectivity index (χ1v) is 14.0. The molecule has 1 aliphatic heterocycles. The molecule has 0 aromatic carbocycles. The van der Waals surface area contributed by atoms with Crippen molar-refractivity contribution in [3.8, 4) is 33.6 Å². The molecule has 0 atom stereocenters. The Morgan fingerprint density at radius 2 is 1.85 bits per heavy atom. The molecule has 9 nitrogen and oxygen atoms in total. The quantitative estimate of drug-likeness (QED) is 0.220. The van der Waals surface area contributed by atoms with Gasteiger partial charge in [0.1, 0.15) is 5.69 Å². The number of aromatic nitrogens is 6. The van der Waals surface area contributed by atoms with E-state index in [-0.39, 0.29) is 5.91 Å². The summed E-state index contributed by atoms with van der Waals surface area (Å²) in [6, 6.07) is 8.22. The molecule has 1 amide bonds. The average Bonchev–Trinajstić information content (AvgIpc) is 3.73. The molecule has 0 radical (unpaired) electrons. The number of carbonyl (C=O) groups excluding carboxylic acids is 1. The van der Waals surface area contributed by atoms with Crippen LogP contribution in [0.2, 0.25) is 0 Å². The molecule has 39 heavy (non-hydrogen) atoms. The van der Waals surface area contributed by atoms with Gasteiger partial charge in [0.05, 0.1) is 29.3 Å². The maximum Gasteiger partial charge on any atom is 0.224 e. The van der Waals surface area contributed by atoms with E-state index in [1.54, 1.807) is 29.9 Å². The topological polar surface area (TPSA) is 124 Å². The first-order valence-electron chi connectivity index (χ1n) is 13.0. The van der Waals surface area contributed by atoms with Gasteiger partial charge >= 0.3 is 0 Å². The maximum absolute atomic E-state index is 12.7. The van der Waals surface area contributed by atoms with Crippen LogP contribution in [-0.4, -0.2) is 49.1 Å². The smallest absolute Gasteiger partial charge is 0.224 e. The fourth-order valence-corrected chi connectivity index (χ4v) is 5.98. The maximum atomic E-state index is 12.7. The molecule has 1 saturated heterocycles. The molecule has 6 aromatic rings. The summed E-state index contributed by atoms with van der Waals surface area (Å²) in [5.74, 6) is 0.455. The van der Waals surface area contributed by atoms with Gasteiger partial charge in [-0.25, -0.2) is 4.98 Å². The molecule has 0 bridgehead atoms. The van der Waals surface area contributed by atoms with Crippen molar-refractivity contribution in [2.24, 2.45) is 5.92 Å². The van der Waals surface area contributed by atoms with E-state index in [0.717, 1.165) is 75.9 Å². The van der Waals surface area contributed by atoms with Gasteiger partial charge in [0.15, 0.2) is 5.65 Å². The summed E-state index contributed by atoms with van der Waals surface area (Å²) in [7, 11) is 0. The van der Waals surface area contributed by atoms with Gasteiger partial charge in [0.25, 0.3) is 0 Å². The minimum Gasteiger partial charge on any atom is -0.352 e. The van der Waals surface area contributed by atoms with E-state index in [9.17, 15) is 4.79 Å². The Morgan fingerprint density at radius 3 is 2.72 bits per heavy atom. The fraction of sp³-hybridized carbons (Fsp3) is 0.207. The van der Waals surface area contributed by atoms with Gasteiger partial charge in [-0.1, -0.05) is 0 Å². The highest BCUT2D eigenvalue weighted by Gasteiger charge is 2.18. The molecule has 4 N–H and O–H groups in total. The fourth-order valence-electron chi connectivity index (χ4n) is 5.32. The van der Waals surface area contributed by atoms with E-state index in [4.69, 9.17) is 0 Å². The van der Waals surface area contributed by atoms with E-state index in [2.05, 4.69) is 69.7 Å². The Morgan fingerprint density at radius 1 is 0.974 bits per heavy atom. The second-order valence-corrected chi connectivity index (χ2v) is 10.7. The third-order valence-electron chi connectivity index (χ3n) is 7.34. The molecule has 1 aliphatic rings. The summed E-state index contributed by atoms with van der Waals surface area (Å²) < 4.78 is 0. The van der Waals surface area contributed by atoms with Crippen molar-refractivity contribution in [1.29, 1.82) is 0 Å². The third-order valence-corrected chi connectivity index (χ3v) is 8.02. The largest absolute Gasteiger partial charge is 0.352 e. The molecule has 10 heteroatoms. The lowest BCUT2D eigenvalue weighted by Gasteiger charge is -2.21. The highest BCUT2D eigenvalue weighted by atomic mass is 32.1. The van der Waals surface area contributed by atoms with Gasteiger partial charge < -0.3 is 15.6 Å². The number of rotatable bonds is 6. The highest BCUT2D eigenvalue weighted by molar-refractivity contribution is 7.08. The number of thiophene rings is 1. The zero-order valence-corrected chi connectivity index (χ0v) is 21.9. The number of carbonyl (C=O) groups is 1. The minimum absolute atomic E-state index is 0.0293. The molecule has 0 unspecified atom stereocenters. The average molecular weight is 535 g/mol. The number of hydrogen-bond acceptors (Lipinski definition) is 7. The lowest BCUT2D eigenvalue weighted by Crippen LogP contribution is -2.30. The van der Waals surface area contributed by atoms with Crippen LogP contribution in [0.3, 0.4) is 0 Å². The van der Waals surface area contributed by atoms with Crippen molar-refractivity contribution in [3.05, 3.63) is 66.0 Å². The van der Waals surface area contributed by atoms with E-state index in [0.29, 0.717) is 23.7 Å². The summed E-state index contributed by atoms with van der Waals surface area (Å²) in [4.78, 5) is 29.6. The molecule has 0 saturated carbocycles. The van der Waals surface area contributed by atoms with Gasteiger partial charge in [-0.2, -0.15) is 16.4 Å². The zero-order chi connectivity index (χ0) is 26.2. The number of aromatic amines is 2. The van der Waals surface area contributed by atoms with Crippen molar-refractivity contribution in [2.75, 3.05) is 18.4 Å². The monoisotopic (exact) mass is 534 g/mol. The Bertz CT molecular complexity index is 1780. The van der Waals surface area contributed by atoms with Gasteiger partial charge in [0.2, 0.25) is 5.91 Å². The normalized spacial score (nSPS) is 14.3. The second kappa shape index (κ2) is 10.0. The SMILES string of the molecule is O=C(CC1CCNCC1)Nc1cncc(-c2cnc3[nH]nc(-c4cc5c(-c6ccsc6)cncc5[nH]4)c3c2)c1. The third kappa shape index (κ3) is 4.68. The Labute approximate surface area is 228 Å². The molecule has 6 aromatic heterocycles. The molecule has 0 spiro atoms. The van der Waals surface area contributed by atoms with Gasteiger partial charge in [-0.05, 0) is 72.4 Å². The standard InChI is InChI=1S/C29H26N8OS/c38-27(7-17-1-4-30-5-2-17)34-21-8-19(11-31-13-21)20-9-23-28(36-37-29(23)33-12-20)25-10-22-24(18-3-6-39-16-18)14-32-15-26(22)35-25/h3,6,8-17,30,35H,1-2,4-5,7H2,(H,34,38)(H,33,36,37). The number of amides is 1. The van der Waals surface area contributed by atoms with Crippen molar-refractivity contribution in [1.82, 2.24) is 35.5 Å². The lowest BCUT2D eigenvalue weighted by molar-refractivity contribution is -0.117. The van der Waals surface area contributed by atoms with Crippen LogP contribution >= 0.6 is 11.3 Å². The predicted molar refractivity (Wildman–Crippen MR) is 154 cm³/mol. The number of pyridine rings is 3. The van der Waals surface area contributed by atoms with Crippen LogP contribution in [0.4, 0.5) is 5.69 Å². The second-order valence-electron chi connectivity index (χ2n) is 9.94. The van der Waals surface area contributed by atoms with Crippen LogP contribution in [0.1, 0.15) is 19.3 Å². The number of hydrogen-bond donors (Lipinski definition) is 4. The number of fused-ring (bicyclic) bond motifs is 2. The van der Waals surface area contributed by atoms with Crippen LogP contribution in [0.5, 0.6) is 0 Å². The van der Waals surface area contributed by atoms with E-state index in [1.165, 1.54) is 0 Å². The number of piperidine rings is 1. The van der Waals surface area contributed by atoms with Crippen molar-refractivity contribution in [3.63, 3.8) is 0 Å². The first kappa shape index (κ1) is 23.7. The van der Waals surface area contributed by atoms with Crippen molar-refractivity contribution < 1.29 is 4.79 Å². The van der Waals surface area contributed by atoms with Crippen molar-refractivity contribution in [2.45, 2.75) is 19.3 Å². The van der Waals surface area contributed by atoms with Gasteiger partial charge in [0, 0.05) is 52.5 Å². The van der Waals surface area contributed by atoms with E-state index < -0.39 is 0 Å². The molecular weight excluding hydrogens is 508 g/mol. The Kier molecular flexibility index (Phi) is 6.10. The first-order chi connectivity index (χ1) is 19.2. The molecular formula is C29H26N8OS. The van der Waals surface area contributed by atoms with Gasteiger partial charge in [-0.3, -0.25) is 19.9 Å². The number of nitrogens with zero attached hydrogens (tertiary/aromatic N) is 4. The van der Waals surface area contributed by atoms with E-state index in [1.807, 2.05) is 18.5 Å². The Balaban J connectivity index is 1.19. The minimum atomic E-state index is 0.0293. The van der Waals surface area contributed by atoms with Crippen LogP contribution in [0.15, 0.2) is 66.0 Å². The summed E-state index contributed by atoms with van der Waals surface area (Å²) in [6.45, 7) is 1.96. The molecule has 194 valence electrons. The van der Waals surface area contributed by atoms with E-state index >= 15 is 0 Å². The number of H-pyrrole nitrogens is 2. The predicted octanol–water partition coefficient (Wildman–Crippen LogP) is 5.62. The summed E-state index contributed by atoms with van der Waals surface area (Å²) >= 11 is 1.67. The summed E-state index contributed by atoms with van der Waals surface area (Å²) in [6.07, 6.45) is 11.6. The number of anilines is 1. The molecule has 0 aliphatic carbocycles. The highest BCUT2D eigenvalue weighted by Crippen LogP contribution is 2.35. The summed E-state index contributed by atoms with van der Waals surface area (Å²) in [5.41, 5.74) is 8.00. The van der Waals surface area contributed by atoms with Crippen LogP contribution < -0.4 is 10.6 Å². The summed E-state index contributed by atoms with van der Waals surface area (Å²) in [5, 5.41) is 20.2. The van der Waals surface area contributed by atoms with Crippen LogP contribution in [-0.2, 0) is 4.79 Å². The zero-order valence-electron chi connectivity index (χ0n) is 21.1.